The van der Waals surface area contributed by atoms with Crippen molar-refractivity contribution in [2.45, 2.75) is 39.3 Å². The van der Waals surface area contributed by atoms with Gasteiger partial charge in [-0.3, -0.25) is 9.59 Å². The highest BCUT2D eigenvalue weighted by Gasteiger charge is 2.36. The second kappa shape index (κ2) is 5.67. The zero-order valence-electron chi connectivity index (χ0n) is 11.2. The summed E-state index contributed by atoms with van der Waals surface area (Å²) in [6.45, 7) is 6.76. The molecule has 3 N–H and O–H groups in total. The van der Waals surface area contributed by atoms with E-state index in [2.05, 4.69) is 0 Å². The second-order valence-electron chi connectivity index (χ2n) is 5.70. The predicted molar refractivity (Wildman–Crippen MR) is 66.0 cm³/mol. The molecule has 1 rings (SSSR count). The van der Waals surface area contributed by atoms with Crippen molar-refractivity contribution in [2.24, 2.45) is 11.1 Å². The lowest BCUT2D eigenvalue weighted by molar-refractivity contribution is -0.148. The number of ether oxygens (including phenoxy) is 1. The lowest BCUT2D eigenvalue weighted by Gasteiger charge is -2.39. The number of morpholine rings is 1. The largest absolute Gasteiger partial charge is 0.481 e. The van der Waals surface area contributed by atoms with E-state index in [4.69, 9.17) is 15.6 Å². The summed E-state index contributed by atoms with van der Waals surface area (Å²) >= 11 is 0. The maximum Gasteiger partial charge on any atom is 0.305 e. The van der Waals surface area contributed by atoms with Gasteiger partial charge in [-0.25, -0.2) is 0 Å². The molecular formula is C12H22N2O4. The summed E-state index contributed by atoms with van der Waals surface area (Å²) in [5.41, 5.74) is 5.59. The molecule has 2 unspecified atom stereocenters. The van der Waals surface area contributed by atoms with Gasteiger partial charge in [0, 0.05) is 6.54 Å². The zero-order chi connectivity index (χ0) is 13.9. The first kappa shape index (κ1) is 14.9. The van der Waals surface area contributed by atoms with Gasteiger partial charge in [-0.1, -0.05) is 20.8 Å². The van der Waals surface area contributed by atoms with E-state index in [0.29, 0.717) is 13.2 Å². The van der Waals surface area contributed by atoms with Crippen LogP contribution in [0.5, 0.6) is 0 Å². The van der Waals surface area contributed by atoms with Gasteiger partial charge in [0.25, 0.3) is 0 Å². The third kappa shape index (κ3) is 3.68. The molecule has 1 heterocycles. The molecule has 1 aliphatic rings. The van der Waals surface area contributed by atoms with Gasteiger partial charge < -0.3 is 20.5 Å². The smallest absolute Gasteiger partial charge is 0.305 e. The highest BCUT2D eigenvalue weighted by atomic mass is 16.5. The molecule has 0 aromatic rings. The van der Waals surface area contributed by atoms with Gasteiger partial charge in [0.1, 0.15) is 0 Å². The molecule has 104 valence electrons. The second-order valence-corrected chi connectivity index (χ2v) is 5.70. The first-order valence-electron chi connectivity index (χ1n) is 6.09. The number of carbonyl (C=O) groups is 2. The summed E-state index contributed by atoms with van der Waals surface area (Å²) in [5.74, 6) is -1.13. The first-order valence-corrected chi connectivity index (χ1v) is 6.09. The van der Waals surface area contributed by atoms with Gasteiger partial charge in [0.05, 0.1) is 31.7 Å². The summed E-state index contributed by atoms with van der Waals surface area (Å²) in [6, 6.07) is -1.05. The van der Waals surface area contributed by atoms with Crippen molar-refractivity contribution in [1.82, 2.24) is 4.90 Å². The Morgan fingerprint density at radius 1 is 1.50 bits per heavy atom. The first-order chi connectivity index (χ1) is 8.23. The Hall–Kier alpha value is -1.14. The fourth-order valence-corrected chi connectivity index (χ4v) is 1.86. The molecular weight excluding hydrogens is 236 g/mol. The minimum atomic E-state index is -0.937. The highest BCUT2D eigenvalue weighted by molar-refractivity contribution is 5.83. The molecule has 0 bridgehead atoms. The van der Waals surface area contributed by atoms with Crippen LogP contribution in [0.4, 0.5) is 0 Å². The van der Waals surface area contributed by atoms with Gasteiger partial charge in [-0.2, -0.15) is 0 Å². The van der Waals surface area contributed by atoms with Gasteiger partial charge >= 0.3 is 5.97 Å². The monoisotopic (exact) mass is 258 g/mol. The molecule has 0 aromatic carbocycles. The Labute approximate surface area is 107 Å². The Morgan fingerprint density at radius 2 is 2.11 bits per heavy atom. The number of hydrogen-bond acceptors (Lipinski definition) is 4. The van der Waals surface area contributed by atoms with Gasteiger partial charge in [0.2, 0.25) is 5.91 Å². The van der Waals surface area contributed by atoms with E-state index < -0.39 is 18.1 Å². The lowest BCUT2D eigenvalue weighted by atomic mass is 9.86. The highest BCUT2D eigenvalue weighted by Crippen LogP contribution is 2.21. The van der Waals surface area contributed by atoms with E-state index in [1.54, 1.807) is 4.90 Å². The minimum Gasteiger partial charge on any atom is -0.481 e. The number of aliphatic carboxylic acids is 1. The van der Waals surface area contributed by atoms with Crippen LogP contribution in [0.25, 0.3) is 0 Å². The van der Waals surface area contributed by atoms with Crippen molar-refractivity contribution >= 4 is 11.9 Å². The fourth-order valence-electron chi connectivity index (χ4n) is 1.86. The Balaban J connectivity index is 2.77. The van der Waals surface area contributed by atoms with E-state index in [9.17, 15) is 9.59 Å². The van der Waals surface area contributed by atoms with E-state index in [0.717, 1.165) is 0 Å². The summed E-state index contributed by atoms with van der Waals surface area (Å²) < 4.78 is 5.23. The third-order valence-corrected chi connectivity index (χ3v) is 3.12. The average Bonchev–Trinajstić information content (AvgIpc) is 2.26. The third-order valence-electron chi connectivity index (χ3n) is 3.12. The normalized spacial score (nSPS) is 22.7. The number of hydrogen-bond donors (Lipinski definition) is 2. The van der Waals surface area contributed by atoms with Gasteiger partial charge in [-0.05, 0) is 5.41 Å². The number of rotatable bonds is 3. The molecule has 6 nitrogen and oxygen atoms in total. The molecule has 0 saturated carbocycles. The SMILES string of the molecule is CC(C)(C)C(N)C(=O)N1CCOCC1CC(=O)O. The zero-order valence-corrected chi connectivity index (χ0v) is 11.2. The topological polar surface area (TPSA) is 92.9 Å². The predicted octanol–water partition coefficient (Wildman–Crippen LogP) is 0.0619. The van der Waals surface area contributed by atoms with Crippen molar-refractivity contribution in [1.29, 1.82) is 0 Å². The molecule has 6 heteroatoms. The van der Waals surface area contributed by atoms with Gasteiger partial charge in [-0.15, -0.1) is 0 Å². The number of nitrogens with two attached hydrogens (primary N) is 1. The van der Waals surface area contributed by atoms with Crippen molar-refractivity contribution in [3.8, 4) is 0 Å². The molecule has 0 aliphatic carbocycles. The lowest BCUT2D eigenvalue weighted by Crippen LogP contribution is -2.57. The summed E-state index contributed by atoms with van der Waals surface area (Å²) in [4.78, 5) is 24.6. The minimum absolute atomic E-state index is 0.109. The van der Waals surface area contributed by atoms with Gasteiger partial charge in [0.15, 0.2) is 0 Å². The van der Waals surface area contributed by atoms with Crippen molar-refractivity contribution in [3.05, 3.63) is 0 Å². The van der Waals surface area contributed by atoms with Crippen LogP contribution in [0, 0.1) is 5.41 Å². The van der Waals surface area contributed by atoms with Crippen molar-refractivity contribution in [2.75, 3.05) is 19.8 Å². The standard InChI is InChI=1S/C12H22N2O4/c1-12(2,3)10(13)11(17)14-4-5-18-7-8(14)6-9(15)16/h8,10H,4-7,13H2,1-3H3,(H,15,16). The van der Waals surface area contributed by atoms with Crippen LogP contribution in [0.2, 0.25) is 0 Å². The summed E-state index contributed by atoms with van der Waals surface area (Å²) in [5, 5.41) is 8.84. The van der Waals surface area contributed by atoms with E-state index >= 15 is 0 Å². The van der Waals surface area contributed by atoms with Crippen LogP contribution >= 0.6 is 0 Å². The fraction of sp³-hybridized carbons (Fsp3) is 0.833. The van der Waals surface area contributed by atoms with Crippen LogP contribution in [-0.4, -0.2) is 53.7 Å². The average molecular weight is 258 g/mol. The Bertz CT molecular complexity index is 325. The van der Waals surface area contributed by atoms with E-state index in [-0.39, 0.29) is 24.3 Å². The van der Waals surface area contributed by atoms with E-state index in [1.807, 2.05) is 20.8 Å². The Morgan fingerprint density at radius 3 is 2.61 bits per heavy atom. The van der Waals surface area contributed by atoms with Crippen LogP contribution < -0.4 is 5.73 Å². The molecule has 2 atom stereocenters. The maximum atomic E-state index is 12.3. The molecule has 1 fully saturated rings. The summed E-state index contributed by atoms with van der Waals surface area (Å²) in [6.07, 6.45) is -0.109. The van der Waals surface area contributed by atoms with Crippen LogP contribution in [-0.2, 0) is 14.3 Å². The van der Waals surface area contributed by atoms with Crippen LogP contribution in [0.1, 0.15) is 27.2 Å². The Kier molecular flexibility index (Phi) is 4.70. The van der Waals surface area contributed by atoms with Crippen LogP contribution in [0.3, 0.4) is 0 Å². The molecule has 0 spiro atoms. The van der Waals surface area contributed by atoms with Crippen molar-refractivity contribution in [3.63, 3.8) is 0 Å². The number of carboxylic acid groups (broad SMARTS) is 1. The summed E-state index contributed by atoms with van der Waals surface area (Å²) in [7, 11) is 0. The number of amides is 1. The molecule has 1 amide bonds. The molecule has 1 aliphatic heterocycles. The maximum absolute atomic E-state index is 12.3. The molecule has 0 radical (unpaired) electrons. The number of nitrogens with zero attached hydrogens (tertiary/aromatic N) is 1. The van der Waals surface area contributed by atoms with Crippen LogP contribution in [0.15, 0.2) is 0 Å². The molecule has 0 aromatic heterocycles. The number of carboxylic acids is 1. The van der Waals surface area contributed by atoms with Crippen molar-refractivity contribution < 1.29 is 19.4 Å². The van der Waals surface area contributed by atoms with E-state index in [1.165, 1.54) is 0 Å². The quantitative estimate of drug-likeness (QED) is 0.747. The molecule has 18 heavy (non-hydrogen) atoms. The molecule has 1 saturated heterocycles. The number of carbonyl (C=O) groups excluding carboxylic acids is 1.